The van der Waals surface area contributed by atoms with Crippen molar-refractivity contribution in [1.29, 1.82) is 0 Å². The molecule has 0 aliphatic heterocycles. The Labute approximate surface area is 50.1 Å². The van der Waals surface area contributed by atoms with Gasteiger partial charge in [-0.25, -0.2) is 4.39 Å². The molecule has 0 aromatic rings. The smallest absolute Gasteiger partial charge is 0.103 e. The van der Waals surface area contributed by atoms with Gasteiger partial charge in [-0.05, 0) is 18.8 Å². The minimum absolute atomic E-state index is 0.337. The van der Waals surface area contributed by atoms with Crippen molar-refractivity contribution in [1.82, 2.24) is 0 Å². The van der Waals surface area contributed by atoms with Crippen LogP contribution in [0.1, 0.15) is 32.6 Å². The van der Waals surface area contributed by atoms with Crippen LogP contribution in [0.2, 0.25) is 0 Å². The maximum Gasteiger partial charge on any atom is 0.103 e. The quantitative estimate of drug-likeness (QED) is 0.456. The van der Waals surface area contributed by atoms with Gasteiger partial charge < -0.3 is 0 Å². The monoisotopic (exact) mass is 116 g/mol. The molecule has 1 unspecified atom stereocenters. The van der Waals surface area contributed by atoms with Gasteiger partial charge in [0.05, 0.1) is 0 Å². The Kier molecular flexibility index (Phi) is 1.87. The molecule has 0 saturated heterocycles. The van der Waals surface area contributed by atoms with Crippen LogP contribution in [0, 0.1) is 5.92 Å². The molecule has 0 N–H and O–H groups in total. The molecule has 0 nitrogen and oxygen atoms in total. The van der Waals surface area contributed by atoms with E-state index in [0.29, 0.717) is 5.92 Å². The molecule has 1 heteroatoms. The molecule has 48 valence electrons. The van der Waals surface area contributed by atoms with Gasteiger partial charge in [-0.1, -0.05) is 19.8 Å². The third-order valence-electron chi connectivity index (χ3n) is 2.01. The third kappa shape index (κ3) is 1.21. The van der Waals surface area contributed by atoms with Crippen molar-refractivity contribution >= 4 is 0 Å². The Balaban J connectivity index is 2.28. The molecule has 1 fully saturated rings. The van der Waals surface area contributed by atoms with Crippen LogP contribution in [-0.4, -0.2) is 6.17 Å². The van der Waals surface area contributed by atoms with Gasteiger partial charge in [0.2, 0.25) is 0 Å². The van der Waals surface area contributed by atoms with Crippen LogP contribution < -0.4 is 0 Å². The zero-order valence-corrected chi connectivity index (χ0v) is 5.36. The first-order chi connectivity index (χ1) is 3.80. The molecule has 1 aliphatic carbocycles. The summed E-state index contributed by atoms with van der Waals surface area (Å²) in [7, 11) is 0. The minimum Gasteiger partial charge on any atom is -0.247 e. The maximum absolute atomic E-state index is 12.6. The highest BCUT2D eigenvalue weighted by Gasteiger charge is 2.19. The van der Waals surface area contributed by atoms with E-state index in [1.165, 1.54) is 6.42 Å². The Morgan fingerprint density at radius 1 is 1.25 bits per heavy atom. The van der Waals surface area contributed by atoms with Gasteiger partial charge in [-0.3, -0.25) is 0 Å². The molecule has 0 aromatic heterocycles. The average molecular weight is 116 g/mol. The lowest BCUT2D eigenvalue weighted by Crippen LogP contribution is -2.16. The van der Waals surface area contributed by atoms with E-state index < -0.39 is 6.17 Å². The number of hydrogen-bond acceptors (Lipinski definition) is 0. The fourth-order valence-electron chi connectivity index (χ4n) is 1.27. The molecule has 8 heavy (non-hydrogen) atoms. The van der Waals surface area contributed by atoms with E-state index in [9.17, 15) is 4.39 Å². The minimum atomic E-state index is -0.497. The molecular weight excluding hydrogens is 103 g/mol. The molecule has 2 atom stereocenters. The lowest BCUT2D eigenvalue weighted by atomic mass is 9.89. The van der Waals surface area contributed by atoms with E-state index in [2.05, 4.69) is 0 Å². The van der Waals surface area contributed by atoms with Crippen molar-refractivity contribution in [3.63, 3.8) is 0 Å². The van der Waals surface area contributed by atoms with Crippen molar-refractivity contribution in [2.45, 2.75) is 38.8 Å². The van der Waals surface area contributed by atoms with Gasteiger partial charge >= 0.3 is 0 Å². The first kappa shape index (κ1) is 6.06. The van der Waals surface area contributed by atoms with Crippen molar-refractivity contribution in [3.8, 4) is 0 Å². The van der Waals surface area contributed by atoms with E-state index in [4.69, 9.17) is 0 Å². The van der Waals surface area contributed by atoms with E-state index >= 15 is 0 Å². The normalized spacial score (nSPS) is 39.8. The second kappa shape index (κ2) is 2.47. The summed E-state index contributed by atoms with van der Waals surface area (Å²) in [4.78, 5) is 0. The van der Waals surface area contributed by atoms with Gasteiger partial charge in [0.25, 0.3) is 0 Å². The van der Waals surface area contributed by atoms with Gasteiger partial charge in [0.15, 0.2) is 0 Å². The van der Waals surface area contributed by atoms with Gasteiger partial charge in [0.1, 0.15) is 6.17 Å². The number of hydrogen-bond donors (Lipinski definition) is 0. The van der Waals surface area contributed by atoms with E-state index in [1.807, 2.05) is 6.92 Å². The lowest BCUT2D eigenvalue weighted by Gasteiger charge is -2.21. The first-order valence-electron chi connectivity index (χ1n) is 3.45. The Morgan fingerprint density at radius 3 is 2.25 bits per heavy atom. The number of alkyl halides is 1. The number of halogens is 1. The lowest BCUT2D eigenvalue weighted by molar-refractivity contribution is 0.179. The Bertz CT molecular complexity index is 60.8. The van der Waals surface area contributed by atoms with E-state index in [-0.39, 0.29) is 0 Å². The fraction of sp³-hybridized carbons (Fsp3) is 1.00. The van der Waals surface area contributed by atoms with E-state index in [0.717, 1.165) is 19.3 Å². The summed E-state index contributed by atoms with van der Waals surface area (Å²) in [6, 6.07) is 0. The van der Waals surface area contributed by atoms with Crippen LogP contribution >= 0.6 is 0 Å². The van der Waals surface area contributed by atoms with Crippen LogP contribution in [0.4, 0.5) is 4.39 Å². The second-order valence-corrected chi connectivity index (χ2v) is 2.78. The van der Waals surface area contributed by atoms with E-state index in [1.54, 1.807) is 0 Å². The summed E-state index contributed by atoms with van der Waals surface area (Å²) < 4.78 is 12.6. The van der Waals surface area contributed by atoms with Crippen molar-refractivity contribution in [2.24, 2.45) is 5.92 Å². The Hall–Kier alpha value is -0.0700. The zero-order valence-electron chi connectivity index (χ0n) is 5.36. The van der Waals surface area contributed by atoms with Crippen molar-refractivity contribution in [3.05, 3.63) is 0 Å². The molecule has 0 amide bonds. The predicted octanol–water partition coefficient (Wildman–Crippen LogP) is 2.53. The molecule has 0 bridgehead atoms. The second-order valence-electron chi connectivity index (χ2n) is 2.78. The van der Waals surface area contributed by atoms with Gasteiger partial charge in [-0.2, -0.15) is 0 Å². The Morgan fingerprint density at radius 2 is 1.88 bits per heavy atom. The zero-order chi connectivity index (χ0) is 5.98. The maximum atomic E-state index is 12.6. The standard InChI is InChI=1S/C7H13F/c1-6-4-2-3-5-7(6)8/h6-7H,2-5H2,1H3/t6-,7?/m1/s1. The molecule has 1 rings (SSSR count). The van der Waals surface area contributed by atoms with Crippen LogP contribution in [0.5, 0.6) is 0 Å². The summed E-state index contributed by atoms with van der Waals surface area (Å²) in [6.45, 7) is 2.00. The molecule has 0 radical (unpaired) electrons. The topological polar surface area (TPSA) is 0 Å². The number of rotatable bonds is 0. The van der Waals surface area contributed by atoms with Crippen LogP contribution in [0.25, 0.3) is 0 Å². The highest BCUT2D eigenvalue weighted by atomic mass is 19.1. The van der Waals surface area contributed by atoms with Gasteiger partial charge in [0, 0.05) is 0 Å². The van der Waals surface area contributed by atoms with Gasteiger partial charge in [-0.15, -0.1) is 0 Å². The molecule has 1 saturated carbocycles. The molecule has 0 aromatic carbocycles. The fourth-order valence-corrected chi connectivity index (χ4v) is 1.27. The van der Waals surface area contributed by atoms with Crippen LogP contribution in [0.3, 0.4) is 0 Å². The summed E-state index contributed by atoms with van der Waals surface area (Å²) in [5.41, 5.74) is 0. The van der Waals surface area contributed by atoms with Crippen molar-refractivity contribution < 1.29 is 4.39 Å². The summed E-state index contributed by atoms with van der Waals surface area (Å²) in [5.74, 6) is 0.337. The van der Waals surface area contributed by atoms with Crippen LogP contribution in [-0.2, 0) is 0 Å². The molecule has 1 aliphatic rings. The summed E-state index contributed by atoms with van der Waals surface area (Å²) >= 11 is 0. The largest absolute Gasteiger partial charge is 0.247 e. The summed E-state index contributed by atoms with van der Waals surface area (Å²) in [5, 5.41) is 0. The summed E-state index contributed by atoms with van der Waals surface area (Å²) in [6.07, 6.45) is 3.75. The van der Waals surface area contributed by atoms with Crippen molar-refractivity contribution in [2.75, 3.05) is 0 Å². The highest BCUT2D eigenvalue weighted by Crippen LogP contribution is 2.25. The highest BCUT2D eigenvalue weighted by molar-refractivity contribution is 4.70. The molecular formula is C7H13F. The third-order valence-corrected chi connectivity index (χ3v) is 2.01. The first-order valence-corrected chi connectivity index (χ1v) is 3.45. The van der Waals surface area contributed by atoms with Crippen LogP contribution in [0.15, 0.2) is 0 Å². The predicted molar refractivity (Wildman–Crippen MR) is 32.5 cm³/mol. The molecule has 0 heterocycles. The SMILES string of the molecule is C[C@@H]1CCCCC1F. The molecule has 0 spiro atoms. The average Bonchev–Trinajstić information content (AvgIpc) is 1.77.